The fourth-order valence-electron chi connectivity index (χ4n) is 3.40. The average molecular weight is 406 g/mol. The van der Waals surface area contributed by atoms with E-state index in [0.717, 1.165) is 11.2 Å². The van der Waals surface area contributed by atoms with Crippen molar-refractivity contribution in [3.63, 3.8) is 0 Å². The van der Waals surface area contributed by atoms with Crippen LogP contribution in [0.1, 0.15) is 13.8 Å². The summed E-state index contributed by atoms with van der Waals surface area (Å²) >= 11 is 6.02. The second kappa shape index (κ2) is 6.91. The number of hydrogen-bond acceptors (Lipinski definition) is 4. The number of rotatable bonds is 3. The smallest absolute Gasteiger partial charge is 0.243 e. The predicted octanol–water partition coefficient (Wildman–Crippen LogP) is 3.45. The molecule has 1 aromatic carbocycles. The highest BCUT2D eigenvalue weighted by Crippen LogP contribution is 2.26. The van der Waals surface area contributed by atoms with Gasteiger partial charge in [-0.2, -0.15) is 4.31 Å². The van der Waals surface area contributed by atoms with Gasteiger partial charge in [0.2, 0.25) is 10.0 Å². The Hall–Kier alpha value is -1.93. The lowest BCUT2D eigenvalue weighted by Gasteiger charge is -2.34. The molecule has 2 aromatic heterocycles. The zero-order valence-electron chi connectivity index (χ0n) is 15.0. The van der Waals surface area contributed by atoms with Crippen LogP contribution < -0.4 is 0 Å². The van der Waals surface area contributed by atoms with E-state index >= 15 is 0 Å². The molecule has 0 bridgehead atoms. The number of ether oxygens (including phenoxy) is 1. The minimum absolute atomic E-state index is 0.130. The summed E-state index contributed by atoms with van der Waals surface area (Å²) in [6.45, 7) is 4.47. The molecule has 0 aliphatic carbocycles. The SMILES string of the molecule is CC1CN(S(=O)(=O)c2cccc(-c3cn4cc(Cl)ccc4n3)c2)CC(C)O1. The molecule has 1 aliphatic rings. The van der Waals surface area contributed by atoms with E-state index in [1.807, 2.05) is 36.6 Å². The van der Waals surface area contributed by atoms with E-state index in [1.54, 1.807) is 30.5 Å². The fraction of sp³-hybridized carbons (Fsp3) is 0.316. The lowest BCUT2D eigenvalue weighted by atomic mass is 10.2. The van der Waals surface area contributed by atoms with E-state index in [1.165, 1.54) is 4.31 Å². The molecule has 0 saturated carbocycles. The number of sulfonamides is 1. The third-order valence-corrected chi connectivity index (χ3v) is 6.62. The molecule has 3 heterocycles. The topological polar surface area (TPSA) is 63.9 Å². The molecule has 0 spiro atoms. The fourth-order valence-corrected chi connectivity index (χ4v) is 5.20. The van der Waals surface area contributed by atoms with Crippen LogP contribution in [0.3, 0.4) is 0 Å². The van der Waals surface area contributed by atoms with Crippen molar-refractivity contribution < 1.29 is 13.2 Å². The summed E-state index contributed by atoms with van der Waals surface area (Å²) in [4.78, 5) is 4.82. The summed E-state index contributed by atoms with van der Waals surface area (Å²) in [6, 6.07) is 10.5. The van der Waals surface area contributed by atoms with Gasteiger partial charge in [-0.05, 0) is 38.1 Å². The molecule has 6 nitrogen and oxygen atoms in total. The summed E-state index contributed by atoms with van der Waals surface area (Å²) in [5.74, 6) is 0. The minimum atomic E-state index is -3.60. The Morgan fingerprint density at radius 1 is 1.11 bits per heavy atom. The van der Waals surface area contributed by atoms with Crippen LogP contribution in [0.5, 0.6) is 0 Å². The van der Waals surface area contributed by atoms with Crippen molar-refractivity contribution in [2.45, 2.75) is 31.0 Å². The molecule has 1 saturated heterocycles. The Kier molecular flexibility index (Phi) is 4.71. The van der Waals surface area contributed by atoms with Gasteiger partial charge in [-0.1, -0.05) is 23.7 Å². The van der Waals surface area contributed by atoms with Gasteiger partial charge in [-0.3, -0.25) is 0 Å². The maximum absolute atomic E-state index is 13.1. The van der Waals surface area contributed by atoms with Crippen molar-refractivity contribution in [1.82, 2.24) is 13.7 Å². The summed E-state index contributed by atoms with van der Waals surface area (Å²) in [5, 5.41) is 0.610. The largest absolute Gasteiger partial charge is 0.373 e. The van der Waals surface area contributed by atoms with E-state index in [9.17, 15) is 8.42 Å². The van der Waals surface area contributed by atoms with E-state index in [0.29, 0.717) is 23.8 Å². The molecule has 1 aliphatic heterocycles. The van der Waals surface area contributed by atoms with Crippen LogP contribution in [0.15, 0.2) is 53.7 Å². The van der Waals surface area contributed by atoms with E-state index in [4.69, 9.17) is 16.3 Å². The molecule has 3 aromatic rings. The van der Waals surface area contributed by atoms with Gasteiger partial charge in [0.05, 0.1) is 27.8 Å². The Morgan fingerprint density at radius 2 is 1.85 bits per heavy atom. The first-order valence-corrected chi connectivity index (χ1v) is 10.5. The second-order valence-electron chi connectivity index (χ2n) is 6.85. The van der Waals surface area contributed by atoms with Crippen LogP contribution in [-0.2, 0) is 14.8 Å². The third kappa shape index (κ3) is 3.60. The van der Waals surface area contributed by atoms with Crippen molar-refractivity contribution in [1.29, 1.82) is 0 Å². The summed E-state index contributed by atoms with van der Waals surface area (Å²) in [7, 11) is -3.60. The summed E-state index contributed by atoms with van der Waals surface area (Å²) in [5.41, 5.74) is 2.18. The molecular formula is C19H20ClN3O3S. The molecule has 8 heteroatoms. The molecular weight excluding hydrogens is 386 g/mol. The van der Waals surface area contributed by atoms with Crippen LogP contribution in [0.25, 0.3) is 16.9 Å². The molecule has 142 valence electrons. The van der Waals surface area contributed by atoms with Gasteiger partial charge in [0.1, 0.15) is 5.65 Å². The van der Waals surface area contributed by atoms with Crippen molar-refractivity contribution in [2.24, 2.45) is 0 Å². The highest BCUT2D eigenvalue weighted by molar-refractivity contribution is 7.89. The minimum Gasteiger partial charge on any atom is -0.373 e. The van der Waals surface area contributed by atoms with Gasteiger partial charge in [0.15, 0.2) is 0 Å². The molecule has 2 atom stereocenters. The number of morpholine rings is 1. The van der Waals surface area contributed by atoms with Crippen LogP contribution >= 0.6 is 11.6 Å². The number of hydrogen-bond donors (Lipinski definition) is 0. The summed E-state index contributed by atoms with van der Waals surface area (Å²) in [6.07, 6.45) is 3.35. The van der Waals surface area contributed by atoms with Gasteiger partial charge >= 0.3 is 0 Å². The zero-order valence-corrected chi connectivity index (χ0v) is 16.6. The number of pyridine rings is 1. The summed E-state index contributed by atoms with van der Waals surface area (Å²) < 4.78 is 35.2. The maximum Gasteiger partial charge on any atom is 0.243 e. The molecule has 1 fully saturated rings. The molecule has 0 amide bonds. The Bertz CT molecular complexity index is 1090. The van der Waals surface area contributed by atoms with E-state index < -0.39 is 10.0 Å². The third-order valence-electron chi connectivity index (χ3n) is 4.57. The van der Waals surface area contributed by atoms with Crippen molar-refractivity contribution >= 4 is 27.3 Å². The Labute approximate surface area is 163 Å². The number of halogens is 1. The lowest BCUT2D eigenvalue weighted by molar-refractivity contribution is -0.0440. The second-order valence-corrected chi connectivity index (χ2v) is 9.22. The number of imidazole rings is 1. The first-order valence-electron chi connectivity index (χ1n) is 8.73. The van der Waals surface area contributed by atoms with E-state index in [-0.39, 0.29) is 17.1 Å². The van der Waals surface area contributed by atoms with Gasteiger partial charge in [-0.15, -0.1) is 0 Å². The first-order chi connectivity index (χ1) is 12.8. The average Bonchev–Trinajstić information content (AvgIpc) is 3.04. The lowest BCUT2D eigenvalue weighted by Crippen LogP contribution is -2.48. The first kappa shape index (κ1) is 18.4. The molecule has 0 radical (unpaired) electrons. The van der Waals surface area contributed by atoms with Crippen LogP contribution in [-0.4, -0.2) is 47.4 Å². The number of aromatic nitrogens is 2. The van der Waals surface area contributed by atoms with Crippen molar-refractivity contribution in [2.75, 3.05) is 13.1 Å². The van der Waals surface area contributed by atoms with Gasteiger partial charge in [0, 0.05) is 31.0 Å². The quantitative estimate of drug-likeness (QED) is 0.669. The normalized spacial score (nSPS) is 21.6. The molecule has 4 rings (SSSR count). The standard InChI is InChI=1S/C19H20ClN3O3S/c1-13-9-23(10-14(2)26-13)27(24,25)17-5-3-4-15(8-17)18-12-22-11-16(20)6-7-19(22)21-18/h3-8,11-14H,9-10H2,1-2H3. The Morgan fingerprint density at radius 3 is 2.59 bits per heavy atom. The highest BCUT2D eigenvalue weighted by atomic mass is 35.5. The Balaban J connectivity index is 1.71. The zero-order chi connectivity index (χ0) is 19.2. The van der Waals surface area contributed by atoms with Crippen molar-refractivity contribution in [3.8, 4) is 11.3 Å². The van der Waals surface area contributed by atoms with Crippen LogP contribution in [0.4, 0.5) is 0 Å². The van der Waals surface area contributed by atoms with Gasteiger partial charge in [-0.25, -0.2) is 13.4 Å². The molecule has 2 unspecified atom stereocenters. The van der Waals surface area contributed by atoms with Crippen LogP contribution in [0, 0.1) is 0 Å². The maximum atomic E-state index is 13.1. The van der Waals surface area contributed by atoms with E-state index in [2.05, 4.69) is 4.98 Å². The van der Waals surface area contributed by atoms with Crippen molar-refractivity contribution in [3.05, 3.63) is 53.8 Å². The monoisotopic (exact) mass is 405 g/mol. The number of fused-ring (bicyclic) bond motifs is 1. The molecule has 0 N–H and O–H groups in total. The van der Waals surface area contributed by atoms with Gasteiger partial charge < -0.3 is 9.14 Å². The number of nitrogens with zero attached hydrogens (tertiary/aromatic N) is 3. The highest BCUT2D eigenvalue weighted by Gasteiger charge is 2.32. The van der Waals surface area contributed by atoms with Crippen LogP contribution in [0.2, 0.25) is 5.02 Å². The predicted molar refractivity (Wildman–Crippen MR) is 104 cm³/mol. The molecule has 27 heavy (non-hydrogen) atoms. The number of benzene rings is 1. The van der Waals surface area contributed by atoms with Gasteiger partial charge in [0.25, 0.3) is 0 Å².